The van der Waals surface area contributed by atoms with Gasteiger partial charge in [0.15, 0.2) is 0 Å². The molecule has 8 aliphatic rings. The molecule has 4 amide bonds. The van der Waals surface area contributed by atoms with Gasteiger partial charge in [-0.05, 0) is 235 Å². The number of halogens is 2. The molecule has 0 spiro atoms. The molecule has 612 valence electrons. The van der Waals surface area contributed by atoms with Crippen LogP contribution >= 0.6 is 31.9 Å². The lowest BCUT2D eigenvalue weighted by Gasteiger charge is -2.23. The lowest BCUT2D eigenvalue weighted by Crippen LogP contribution is -2.29. The van der Waals surface area contributed by atoms with Gasteiger partial charge in [0.1, 0.15) is 11.5 Å². The SMILES string of the molecule is CC(=O)Oc1cc2c(c3ccccc13)-c1c(cc(C)c3c1C(=O)N(c1ccc(Br)cc1)C3=O)C2(C)C.CC(=O)Oc1cc2c(c3ccccc13)-c1c(cc(C)c3c1C(=O)OC3=O)C2(C)C.Cc1cc2c(c3c1C(=O)N(c1ccc(Br)cc1)C3=O)-c1c(cc(C)c3ccccc13)C2(C)C.Cc1cc2c(c3c1C(=O)OC3=O)-c1c(cc(C)c3ccccc13)C2(C)C. The van der Waals surface area contributed by atoms with E-state index in [-0.39, 0.29) is 34.5 Å². The molecule has 0 saturated carbocycles. The van der Waals surface area contributed by atoms with Gasteiger partial charge in [-0.15, -0.1) is 0 Å². The van der Waals surface area contributed by atoms with Crippen molar-refractivity contribution >= 4 is 146 Å². The highest BCUT2D eigenvalue weighted by Crippen LogP contribution is 2.61. The number of hydrogen-bond donors (Lipinski definition) is 0. The fourth-order valence-electron chi connectivity index (χ4n) is 20.8. The Balaban J connectivity index is 0.000000109. The molecule has 0 saturated heterocycles. The van der Waals surface area contributed by atoms with E-state index in [1.807, 2.05) is 149 Å². The molecule has 16 nitrogen and oxygen atoms in total. The zero-order chi connectivity index (χ0) is 87.8. The van der Waals surface area contributed by atoms with Crippen LogP contribution in [0.15, 0.2) is 203 Å². The third-order valence-corrected chi connectivity index (χ3v) is 27.6. The van der Waals surface area contributed by atoms with Gasteiger partial charge in [0, 0.05) is 77.5 Å². The lowest BCUT2D eigenvalue weighted by atomic mass is 9.80. The molecule has 4 aliphatic carbocycles. The molecule has 14 aromatic rings. The first kappa shape index (κ1) is 80.3. The van der Waals surface area contributed by atoms with Crippen LogP contribution in [-0.4, -0.2) is 59.4 Å². The summed E-state index contributed by atoms with van der Waals surface area (Å²) in [7, 11) is 0. The van der Waals surface area contributed by atoms with E-state index in [1.54, 1.807) is 24.3 Å². The topological polar surface area (TPSA) is 214 Å². The second kappa shape index (κ2) is 28.1. The largest absolute Gasteiger partial charge is 0.426 e. The smallest absolute Gasteiger partial charge is 0.347 e. The second-order valence-electron chi connectivity index (χ2n) is 35.4. The summed E-state index contributed by atoms with van der Waals surface area (Å²) in [5, 5.41) is 7.90. The van der Waals surface area contributed by atoms with Crippen molar-refractivity contribution in [1.29, 1.82) is 0 Å². The molecule has 0 bridgehead atoms. The van der Waals surface area contributed by atoms with Gasteiger partial charge >= 0.3 is 35.8 Å². The van der Waals surface area contributed by atoms with Crippen molar-refractivity contribution in [3.63, 3.8) is 0 Å². The molecule has 0 radical (unpaired) electrons. The quantitative estimate of drug-likeness (QED) is 0.0694. The summed E-state index contributed by atoms with van der Waals surface area (Å²) in [5.41, 5.74) is 24.5. The van der Waals surface area contributed by atoms with Crippen molar-refractivity contribution in [2.24, 2.45) is 0 Å². The number of benzene rings is 14. The summed E-state index contributed by atoms with van der Waals surface area (Å²) >= 11 is 6.85. The number of aryl methyl sites for hydroxylation is 6. The number of hydrogen-bond acceptors (Lipinski definition) is 14. The zero-order valence-electron chi connectivity index (χ0n) is 70.8. The third-order valence-electron chi connectivity index (χ3n) is 26.5. The van der Waals surface area contributed by atoms with Crippen LogP contribution in [0.4, 0.5) is 11.4 Å². The number of rotatable bonds is 4. The predicted octanol–water partition coefficient (Wildman–Crippen LogP) is 24.0. The van der Waals surface area contributed by atoms with Crippen LogP contribution in [0.3, 0.4) is 0 Å². The minimum atomic E-state index is -0.609. The summed E-state index contributed by atoms with van der Waals surface area (Å²) in [6.45, 7) is 31.7. The molecule has 0 aromatic heterocycles. The summed E-state index contributed by atoms with van der Waals surface area (Å²) in [5.74, 6) is -3.22. The van der Waals surface area contributed by atoms with Crippen LogP contribution in [-0.2, 0) is 40.7 Å². The highest BCUT2D eigenvalue weighted by molar-refractivity contribution is 9.10. The Kier molecular flexibility index (Phi) is 18.2. The zero-order valence-corrected chi connectivity index (χ0v) is 74.0. The molecule has 0 fully saturated rings. The van der Waals surface area contributed by atoms with Crippen LogP contribution in [0.25, 0.3) is 87.6 Å². The summed E-state index contributed by atoms with van der Waals surface area (Å²) in [6.07, 6.45) is 0. The van der Waals surface area contributed by atoms with E-state index in [0.717, 1.165) is 141 Å². The van der Waals surface area contributed by atoms with Gasteiger partial charge in [0.05, 0.1) is 55.9 Å². The van der Waals surface area contributed by atoms with Gasteiger partial charge in [-0.2, -0.15) is 0 Å². The van der Waals surface area contributed by atoms with Crippen molar-refractivity contribution in [3.05, 3.63) is 325 Å². The van der Waals surface area contributed by atoms with Crippen molar-refractivity contribution in [3.8, 4) is 56.0 Å². The first-order chi connectivity index (χ1) is 58.9. The molecule has 4 aliphatic heterocycles. The van der Waals surface area contributed by atoms with E-state index >= 15 is 0 Å². The van der Waals surface area contributed by atoms with Crippen LogP contribution in [0.2, 0.25) is 0 Å². The number of anilines is 2. The first-order valence-corrected chi connectivity index (χ1v) is 42.6. The van der Waals surface area contributed by atoms with E-state index in [4.69, 9.17) is 18.9 Å². The monoisotopic (exact) mass is 1760 g/mol. The van der Waals surface area contributed by atoms with Crippen LogP contribution in [0.1, 0.15) is 230 Å². The first-order valence-electron chi connectivity index (χ1n) is 41.0. The molecule has 124 heavy (non-hydrogen) atoms. The van der Waals surface area contributed by atoms with Gasteiger partial charge in [0.2, 0.25) is 0 Å². The number of amides is 4. The molecule has 14 aromatic carbocycles. The highest BCUT2D eigenvalue weighted by Gasteiger charge is 2.52. The molecular formula is C106H80Br2N2O14. The number of ether oxygens (including phenoxy) is 4. The number of cyclic esters (lactones) is 4. The van der Waals surface area contributed by atoms with E-state index in [1.165, 1.54) is 56.7 Å². The average molecular weight is 1770 g/mol. The Labute approximate surface area is 731 Å². The van der Waals surface area contributed by atoms with Gasteiger partial charge < -0.3 is 18.9 Å². The fourth-order valence-corrected chi connectivity index (χ4v) is 21.3. The molecule has 22 rings (SSSR count). The molecule has 4 heterocycles. The van der Waals surface area contributed by atoms with Crippen LogP contribution in [0.5, 0.6) is 11.5 Å². The number of fused-ring (bicyclic) bond motifs is 28. The maximum atomic E-state index is 14.0. The Morgan fingerprint density at radius 3 is 0.790 bits per heavy atom. The summed E-state index contributed by atoms with van der Waals surface area (Å²) in [6, 6.07) is 62.8. The molecule has 0 N–H and O–H groups in total. The number of imide groups is 2. The number of esters is 6. The molecule has 18 heteroatoms. The van der Waals surface area contributed by atoms with Gasteiger partial charge in [-0.1, -0.05) is 221 Å². The summed E-state index contributed by atoms with van der Waals surface area (Å²) < 4.78 is 22.8. The minimum Gasteiger partial charge on any atom is -0.426 e. The van der Waals surface area contributed by atoms with Crippen LogP contribution < -0.4 is 19.3 Å². The Morgan fingerprint density at radius 2 is 0.492 bits per heavy atom. The Morgan fingerprint density at radius 1 is 0.266 bits per heavy atom. The normalized spacial score (nSPS) is 15.7. The van der Waals surface area contributed by atoms with Crippen molar-refractivity contribution in [2.45, 2.75) is 132 Å². The fraction of sp³-hybridized carbons (Fsp3) is 0.189. The van der Waals surface area contributed by atoms with Crippen molar-refractivity contribution in [2.75, 3.05) is 9.80 Å². The third kappa shape index (κ3) is 11.5. The Bertz CT molecular complexity index is 7450. The minimum absolute atomic E-state index is 0.245. The molecular weight excluding hydrogens is 1680 g/mol. The number of nitrogens with zero attached hydrogens (tertiary/aromatic N) is 2. The number of carbonyl (C=O) groups excluding carboxylic acids is 10. The van der Waals surface area contributed by atoms with Gasteiger partial charge in [-0.3, -0.25) is 28.8 Å². The molecule has 0 unspecified atom stereocenters. The molecule has 0 atom stereocenters. The Hall–Kier alpha value is -13.4. The van der Waals surface area contributed by atoms with Crippen molar-refractivity contribution in [1.82, 2.24) is 0 Å². The van der Waals surface area contributed by atoms with E-state index in [2.05, 4.69) is 150 Å². The van der Waals surface area contributed by atoms with Gasteiger partial charge in [0.25, 0.3) is 23.6 Å². The summed E-state index contributed by atoms with van der Waals surface area (Å²) in [4.78, 5) is 131. The maximum Gasteiger partial charge on any atom is 0.347 e. The van der Waals surface area contributed by atoms with Gasteiger partial charge in [-0.25, -0.2) is 29.0 Å². The predicted molar refractivity (Wildman–Crippen MR) is 487 cm³/mol. The number of carbonyl (C=O) groups is 10. The average Bonchev–Trinajstić information content (AvgIpc) is 1.55. The second-order valence-corrected chi connectivity index (χ2v) is 37.2. The maximum absolute atomic E-state index is 14.0. The standard InChI is InChI=1S/C30H22BrNO4.C29H22BrNO2.C24H18O5.C23H18O3/c1-15-13-21-26(27-24(15)28(34)32(29(27)35)18-11-9-17(31)10-12-18)25-20-8-6-5-7-19(20)23(36-16(2)33)14-22(25)30(21,3)4;1-15-13-21-24(20-8-6-5-7-19(15)20)25-22(29(21,3)4)14-16(2)23-26(25)28(33)31(27(23)32)18-11-9-17(30)10-12-18;1-11-9-15-20(21-18(11)22(26)29-23(21)27)19-14-8-6-5-7-13(14)17(28-12(2)25)10-16(19)24(15,3)4;1-11-9-15-18(14-8-6-5-7-13(11)14)19-16(23(15,3)4)10-12(2)17-20(19)22(25)26-21(17)24/h5-14H,1-4H3;5-14H,1-4H3;5-10H,1-4H3;5-10H,1-4H3. The van der Waals surface area contributed by atoms with E-state index < -0.39 is 46.6 Å². The van der Waals surface area contributed by atoms with E-state index in [0.29, 0.717) is 67.4 Å². The highest BCUT2D eigenvalue weighted by atomic mass is 79.9. The van der Waals surface area contributed by atoms with E-state index in [9.17, 15) is 47.9 Å². The lowest BCUT2D eigenvalue weighted by molar-refractivity contribution is -0.132. The van der Waals surface area contributed by atoms with Crippen molar-refractivity contribution < 1.29 is 66.9 Å². The van der Waals surface area contributed by atoms with Crippen LogP contribution in [0, 0.1) is 41.5 Å².